The number of nitrogens with zero attached hydrogens (tertiary/aromatic N) is 2. The van der Waals surface area contributed by atoms with Crippen LogP contribution in [-0.2, 0) is 16.1 Å². The molecule has 0 radical (unpaired) electrons. The van der Waals surface area contributed by atoms with E-state index in [-0.39, 0.29) is 29.8 Å². The van der Waals surface area contributed by atoms with Crippen molar-refractivity contribution in [2.24, 2.45) is 5.92 Å². The Kier molecular flexibility index (Phi) is 3.31. The smallest absolute Gasteiger partial charge is 0.250 e. The summed E-state index contributed by atoms with van der Waals surface area (Å²) >= 11 is 0. The van der Waals surface area contributed by atoms with E-state index in [1.165, 1.54) is 6.07 Å². The zero-order valence-corrected chi connectivity index (χ0v) is 12.0. The summed E-state index contributed by atoms with van der Waals surface area (Å²) < 4.78 is 1.55. The van der Waals surface area contributed by atoms with Gasteiger partial charge in [-0.2, -0.15) is 0 Å². The molecule has 112 valence electrons. The molecule has 1 atom stereocenters. The fraction of sp³-hybridized carbons (Fsp3) is 0.533. The highest BCUT2D eigenvalue weighted by Crippen LogP contribution is 2.41. The van der Waals surface area contributed by atoms with E-state index < -0.39 is 5.54 Å². The van der Waals surface area contributed by atoms with Gasteiger partial charge in [-0.1, -0.05) is 6.07 Å². The van der Waals surface area contributed by atoms with Crippen LogP contribution in [0.5, 0.6) is 0 Å². The van der Waals surface area contributed by atoms with Crippen molar-refractivity contribution in [3.8, 4) is 0 Å². The Hall–Kier alpha value is -2.11. The number of carbonyl (C=O) groups is 2. The molecule has 0 spiro atoms. The van der Waals surface area contributed by atoms with E-state index >= 15 is 0 Å². The number of rotatable bonds is 4. The highest BCUT2D eigenvalue weighted by molar-refractivity contribution is 5.98. The Bertz CT molecular complexity index is 635. The maximum absolute atomic E-state index is 12.6. The van der Waals surface area contributed by atoms with E-state index in [4.69, 9.17) is 0 Å². The van der Waals surface area contributed by atoms with Crippen LogP contribution in [-0.4, -0.2) is 39.9 Å². The van der Waals surface area contributed by atoms with E-state index in [9.17, 15) is 14.4 Å². The molecule has 1 aromatic heterocycles. The average Bonchev–Trinajstić information content (AvgIpc) is 3.27. The van der Waals surface area contributed by atoms with Crippen LogP contribution >= 0.6 is 0 Å². The van der Waals surface area contributed by atoms with Crippen molar-refractivity contribution in [1.82, 2.24) is 14.8 Å². The Morgan fingerprint density at radius 3 is 2.67 bits per heavy atom. The molecule has 2 heterocycles. The summed E-state index contributed by atoms with van der Waals surface area (Å²) in [6.07, 6.45) is 3.65. The number of hydrogen-bond donors (Lipinski definition) is 1. The van der Waals surface area contributed by atoms with E-state index in [2.05, 4.69) is 5.32 Å². The van der Waals surface area contributed by atoms with Gasteiger partial charge < -0.3 is 14.8 Å². The summed E-state index contributed by atoms with van der Waals surface area (Å²) in [5, 5.41) is 2.85. The van der Waals surface area contributed by atoms with Crippen LogP contribution in [0.4, 0.5) is 0 Å². The minimum atomic E-state index is -0.767. The van der Waals surface area contributed by atoms with Gasteiger partial charge in [-0.3, -0.25) is 14.4 Å². The van der Waals surface area contributed by atoms with Crippen molar-refractivity contribution >= 4 is 11.8 Å². The molecular formula is C15H19N3O3. The molecule has 1 aromatic rings. The topological polar surface area (TPSA) is 71.4 Å². The summed E-state index contributed by atoms with van der Waals surface area (Å²) in [7, 11) is 0. The van der Waals surface area contributed by atoms with Gasteiger partial charge in [-0.25, -0.2) is 0 Å². The van der Waals surface area contributed by atoms with E-state index in [0.29, 0.717) is 13.1 Å². The fourth-order valence-electron chi connectivity index (χ4n) is 2.95. The second-order valence-corrected chi connectivity index (χ2v) is 5.98. The number of nitrogens with one attached hydrogen (secondary N) is 1. The lowest BCUT2D eigenvalue weighted by atomic mass is 9.91. The van der Waals surface area contributed by atoms with Crippen LogP contribution in [0.1, 0.15) is 19.8 Å². The first-order valence-electron chi connectivity index (χ1n) is 7.26. The predicted molar refractivity (Wildman–Crippen MR) is 76.6 cm³/mol. The zero-order chi connectivity index (χ0) is 15.0. The van der Waals surface area contributed by atoms with Crippen molar-refractivity contribution in [2.75, 3.05) is 13.1 Å². The zero-order valence-electron chi connectivity index (χ0n) is 12.0. The van der Waals surface area contributed by atoms with Gasteiger partial charge in [-0.15, -0.1) is 0 Å². The van der Waals surface area contributed by atoms with Crippen LogP contribution in [0.15, 0.2) is 29.2 Å². The third kappa shape index (κ3) is 2.57. The van der Waals surface area contributed by atoms with Gasteiger partial charge in [0.1, 0.15) is 5.54 Å². The number of piperazine rings is 1. The number of pyridine rings is 1. The van der Waals surface area contributed by atoms with Crippen molar-refractivity contribution in [3.05, 3.63) is 34.7 Å². The Morgan fingerprint density at radius 1 is 1.24 bits per heavy atom. The molecule has 2 fully saturated rings. The lowest BCUT2D eigenvalue weighted by Crippen LogP contribution is -2.66. The monoisotopic (exact) mass is 289 g/mol. The maximum atomic E-state index is 12.6. The molecule has 1 saturated heterocycles. The van der Waals surface area contributed by atoms with Gasteiger partial charge in [0.2, 0.25) is 11.8 Å². The minimum absolute atomic E-state index is 0.0337. The molecule has 1 saturated carbocycles. The van der Waals surface area contributed by atoms with Gasteiger partial charge in [0, 0.05) is 25.4 Å². The molecule has 6 heteroatoms. The molecule has 3 rings (SSSR count). The van der Waals surface area contributed by atoms with Crippen LogP contribution in [0.2, 0.25) is 0 Å². The lowest BCUT2D eigenvalue weighted by molar-refractivity contribution is -0.150. The molecule has 2 amide bonds. The molecule has 1 N–H and O–H groups in total. The summed E-state index contributed by atoms with van der Waals surface area (Å²) in [5.74, 6) is 0.0918. The molecule has 1 aliphatic heterocycles. The Balaban J connectivity index is 1.72. The molecule has 6 nitrogen and oxygen atoms in total. The summed E-state index contributed by atoms with van der Waals surface area (Å²) in [4.78, 5) is 37.7. The quantitative estimate of drug-likeness (QED) is 0.846. The maximum Gasteiger partial charge on any atom is 0.250 e. The first-order valence-corrected chi connectivity index (χ1v) is 7.26. The molecule has 1 unspecified atom stereocenters. The third-order valence-corrected chi connectivity index (χ3v) is 4.37. The number of aromatic nitrogens is 1. The van der Waals surface area contributed by atoms with Crippen molar-refractivity contribution in [3.63, 3.8) is 0 Å². The van der Waals surface area contributed by atoms with Crippen molar-refractivity contribution in [1.29, 1.82) is 0 Å². The Labute approximate surface area is 122 Å². The van der Waals surface area contributed by atoms with Crippen LogP contribution in [0.3, 0.4) is 0 Å². The molecule has 1 aliphatic carbocycles. The lowest BCUT2D eigenvalue weighted by Gasteiger charge is -2.40. The van der Waals surface area contributed by atoms with E-state index in [1.807, 2.05) is 6.92 Å². The molecule has 2 aliphatic rings. The van der Waals surface area contributed by atoms with Gasteiger partial charge in [0.25, 0.3) is 5.56 Å². The average molecular weight is 289 g/mol. The van der Waals surface area contributed by atoms with Crippen LogP contribution in [0, 0.1) is 5.92 Å². The second-order valence-electron chi connectivity index (χ2n) is 5.98. The second kappa shape index (κ2) is 5.02. The standard InChI is InChI=1S/C15H19N3O3/c1-15(11-5-6-11)14(21)18(10-12(19)16-15)9-8-17-7-3-2-4-13(17)20/h2-4,7,11H,5-6,8-10H2,1H3,(H,16,19). The van der Waals surface area contributed by atoms with Gasteiger partial charge in [0.15, 0.2) is 0 Å². The third-order valence-electron chi connectivity index (χ3n) is 4.37. The normalized spacial score (nSPS) is 25.9. The number of amides is 2. The highest BCUT2D eigenvalue weighted by atomic mass is 16.2. The fourth-order valence-corrected chi connectivity index (χ4v) is 2.95. The number of hydrogen-bond acceptors (Lipinski definition) is 3. The molecule has 0 aromatic carbocycles. The first kappa shape index (κ1) is 13.9. The highest BCUT2D eigenvalue weighted by Gasteiger charge is 2.52. The van der Waals surface area contributed by atoms with Gasteiger partial charge in [0.05, 0.1) is 6.54 Å². The van der Waals surface area contributed by atoms with Crippen molar-refractivity contribution < 1.29 is 9.59 Å². The summed E-state index contributed by atoms with van der Waals surface area (Å²) in [6, 6.07) is 4.95. The molecule has 21 heavy (non-hydrogen) atoms. The van der Waals surface area contributed by atoms with E-state index in [0.717, 1.165) is 12.8 Å². The molecule has 0 bridgehead atoms. The number of carbonyl (C=O) groups excluding carboxylic acids is 2. The van der Waals surface area contributed by atoms with Crippen LogP contribution in [0.25, 0.3) is 0 Å². The first-order chi connectivity index (χ1) is 10.0. The summed E-state index contributed by atoms with van der Waals surface area (Å²) in [6.45, 7) is 2.66. The van der Waals surface area contributed by atoms with Crippen LogP contribution < -0.4 is 10.9 Å². The largest absolute Gasteiger partial charge is 0.340 e. The molecular weight excluding hydrogens is 270 g/mol. The SMILES string of the molecule is CC1(C2CC2)NC(=O)CN(CCn2ccccc2=O)C1=O. The van der Waals surface area contributed by atoms with Crippen molar-refractivity contribution in [2.45, 2.75) is 31.8 Å². The van der Waals surface area contributed by atoms with Gasteiger partial charge in [-0.05, 0) is 31.7 Å². The summed E-state index contributed by atoms with van der Waals surface area (Å²) in [5.41, 5.74) is -0.867. The minimum Gasteiger partial charge on any atom is -0.340 e. The Morgan fingerprint density at radius 2 is 2.00 bits per heavy atom. The van der Waals surface area contributed by atoms with E-state index in [1.54, 1.807) is 27.8 Å². The predicted octanol–water partition coefficient (Wildman–Crippen LogP) is -0.0246. The van der Waals surface area contributed by atoms with Gasteiger partial charge >= 0.3 is 0 Å².